The summed E-state index contributed by atoms with van der Waals surface area (Å²) in [6.45, 7) is 2.48. The van der Waals surface area contributed by atoms with E-state index in [1.54, 1.807) is 13.2 Å². The summed E-state index contributed by atoms with van der Waals surface area (Å²) in [7, 11) is -1.58. The van der Waals surface area contributed by atoms with Gasteiger partial charge in [0.25, 0.3) is 0 Å². The van der Waals surface area contributed by atoms with Crippen molar-refractivity contribution in [1.82, 2.24) is 20.3 Å². The molecule has 10 heteroatoms. The van der Waals surface area contributed by atoms with Crippen molar-refractivity contribution >= 4 is 33.4 Å². The maximum atomic E-state index is 12.1. The lowest BCUT2D eigenvalue weighted by Crippen LogP contribution is -2.46. The van der Waals surface area contributed by atoms with Crippen LogP contribution in [0.25, 0.3) is 0 Å². The standard InChI is InChI=1S/C18H29ClN6O2S/c1-20-18(22-9-11-28(26,27)23-12-14-4-2-5-14)24-15-7-10-25(13-15)17-16(19)6-3-8-21-17/h3,6,8,14-15,23H,2,4-5,7,9-13H2,1H3,(H2,20,22,24). The zero-order valence-electron chi connectivity index (χ0n) is 16.2. The zero-order chi connectivity index (χ0) is 20.0. The molecule has 2 fully saturated rings. The van der Waals surface area contributed by atoms with Crippen LogP contribution in [0.3, 0.4) is 0 Å². The summed E-state index contributed by atoms with van der Waals surface area (Å²) in [4.78, 5) is 10.7. The number of pyridine rings is 1. The molecular formula is C18H29ClN6O2S. The lowest BCUT2D eigenvalue weighted by molar-refractivity contribution is 0.316. The average Bonchev–Trinajstić information content (AvgIpc) is 3.08. The number of halogens is 1. The van der Waals surface area contributed by atoms with Crippen LogP contribution in [0.4, 0.5) is 5.82 Å². The average molecular weight is 429 g/mol. The van der Waals surface area contributed by atoms with Crippen molar-refractivity contribution in [2.45, 2.75) is 31.7 Å². The maximum absolute atomic E-state index is 12.1. The molecule has 1 aliphatic heterocycles. The fraction of sp³-hybridized carbons (Fsp3) is 0.667. The van der Waals surface area contributed by atoms with Gasteiger partial charge in [-0.25, -0.2) is 18.1 Å². The van der Waals surface area contributed by atoms with Gasteiger partial charge in [-0.05, 0) is 37.3 Å². The molecule has 0 radical (unpaired) electrons. The number of hydrogen-bond donors (Lipinski definition) is 3. The van der Waals surface area contributed by atoms with Crippen molar-refractivity contribution in [3.63, 3.8) is 0 Å². The van der Waals surface area contributed by atoms with Gasteiger partial charge in [0, 0.05) is 45.5 Å². The van der Waals surface area contributed by atoms with Crippen LogP contribution in [0.1, 0.15) is 25.7 Å². The Morgan fingerprint density at radius 3 is 2.89 bits per heavy atom. The number of hydrogen-bond acceptors (Lipinski definition) is 5. The topological polar surface area (TPSA) is 98.7 Å². The van der Waals surface area contributed by atoms with E-state index in [2.05, 4.69) is 30.2 Å². The monoisotopic (exact) mass is 428 g/mol. The summed E-state index contributed by atoms with van der Waals surface area (Å²) in [6, 6.07) is 3.85. The molecule has 3 N–H and O–H groups in total. The van der Waals surface area contributed by atoms with Gasteiger partial charge < -0.3 is 15.5 Å². The molecule has 0 bridgehead atoms. The molecule has 1 aliphatic carbocycles. The highest BCUT2D eigenvalue weighted by Crippen LogP contribution is 2.26. The van der Waals surface area contributed by atoms with Crippen LogP contribution in [-0.2, 0) is 10.0 Å². The van der Waals surface area contributed by atoms with Gasteiger partial charge in [0.05, 0.1) is 10.8 Å². The van der Waals surface area contributed by atoms with E-state index in [1.165, 1.54) is 6.42 Å². The summed E-state index contributed by atoms with van der Waals surface area (Å²) < 4.78 is 26.9. The largest absolute Gasteiger partial charge is 0.355 e. The van der Waals surface area contributed by atoms with Crippen molar-refractivity contribution in [3.8, 4) is 0 Å². The Bertz CT molecular complexity index is 784. The lowest BCUT2D eigenvalue weighted by Gasteiger charge is -2.25. The molecule has 2 heterocycles. The number of nitrogens with one attached hydrogen (secondary N) is 3. The third-order valence-corrected chi connectivity index (χ3v) is 6.91. The van der Waals surface area contributed by atoms with Crippen molar-refractivity contribution in [3.05, 3.63) is 23.4 Å². The lowest BCUT2D eigenvalue weighted by atomic mass is 9.86. The molecule has 1 saturated heterocycles. The molecule has 1 atom stereocenters. The van der Waals surface area contributed by atoms with Gasteiger partial charge >= 0.3 is 0 Å². The molecule has 0 spiro atoms. The Kier molecular flexibility index (Phi) is 7.36. The Balaban J connectivity index is 1.40. The summed E-state index contributed by atoms with van der Waals surface area (Å²) in [5, 5.41) is 7.09. The quantitative estimate of drug-likeness (QED) is 0.425. The first-order chi connectivity index (χ1) is 13.5. The van der Waals surface area contributed by atoms with Crippen LogP contribution < -0.4 is 20.3 Å². The number of aliphatic imine (C=N–C) groups is 1. The van der Waals surface area contributed by atoms with Crippen LogP contribution in [0.15, 0.2) is 23.3 Å². The van der Waals surface area contributed by atoms with Crippen molar-refractivity contribution in [1.29, 1.82) is 0 Å². The summed E-state index contributed by atoms with van der Waals surface area (Å²) in [5.41, 5.74) is 0. The van der Waals surface area contributed by atoms with Gasteiger partial charge in [-0.3, -0.25) is 4.99 Å². The Morgan fingerprint density at radius 1 is 1.39 bits per heavy atom. The highest BCUT2D eigenvalue weighted by atomic mass is 35.5. The number of sulfonamides is 1. The van der Waals surface area contributed by atoms with Crippen molar-refractivity contribution in [2.75, 3.05) is 43.9 Å². The fourth-order valence-corrected chi connectivity index (χ4v) is 4.63. The number of guanidine groups is 1. The fourth-order valence-electron chi connectivity index (χ4n) is 3.39. The second-order valence-corrected chi connectivity index (χ2v) is 9.68. The molecule has 1 aromatic heterocycles. The minimum atomic E-state index is -3.26. The highest BCUT2D eigenvalue weighted by Gasteiger charge is 2.25. The summed E-state index contributed by atoms with van der Waals surface area (Å²) in [5.74, 6) is 1.93. The molecule has 8 nitrogen and oxygen atoms in total. The van der Waals surface area contributed by atoms with Gasteiger partial charge in [-0.2, -0.15) is 0 Å². The van der Waals surface area contributed by atoms with E-state index in [4.69, 9.17) is 11.6 Å². The highest BCUT2D eigenvalue weighted by molar-refractivity contribution is 7.89. The van der Waals surface area contributed by atoms with E-state index in [0.717, 1.165) is 38.2 Å². The van der Waals surface area contributed by atoms with Crippen molar-refractivity contribution < 1.29 is 8.42 Å². The number of anilines is 1. The first-order valence-electron chi connectivity index (χ1n) is 9.77. The molecule has 2 aliphatic rings. The normalized spacial score (nSPS) is 20.9. The zero-order valence-corrected chi connectivity index (χ0v) is 17.8. The smallest absolute Gasteiger partial charge is 0.213 e. The molecule has 28 heavy (non-hydrogen) atoms. The van der Waals surface area contributed by atoms with Gasteiger partial charge in [0.2, 0.25) is 10.0 Å². The molecule has 0 aromatic carbocycles. The predicted octanol–water partition coefficient (Wildman–Crippen LogP) is 1.20. The number of nitrogens with zero attached hydrogens (tertiary/aromatic N) is 3. The molecular weight excluding hydrogens is 400 g/mol. The Hall–Kier alpha value is -1.58. The molecule has 1 saturated carbocycles. The van der Waals surface area contributed by atoms with Gasteiger partial charge in [-0.1, -0.05) is 18.0 Å². The van der Waals surface area contributed by atoms with Crippen molar-refractivity contribution in [2.24, 2.45) is 10.9 Å². The molecule has 0 amide bonds. The van der Waals surface area contributed by atoms with Crippen LogP contribution in [0, 0.1) is 5.92 Å². The minimum Gasteiger partial charge on any atom is -0.355 e. The van der Waals surface area contributed by atoms with E-state index in [0.29, 0.717) is 30.0 Å². The van der Waals surface area contributed by atoms with Crippen LogP contribution in [0.2, 0.25) is 5.02 Å². The van der Waals surface area contributed by atoms with Crippen LogP contribution in [-0.4, -0.2) is 64.4 Å². The molecule has 1 aromatic rings. The molecule has 1 unspecified atom stereocenters. The second-order valence-electron chi connectivity index (χ2n) is 7.35. The third kappa shape index (κ3) is 5.96. The predicted molar refractivity (Wildman–Crippen MR) is 113 cm³/mol. The number of rotatable bonds is 8. The van der Waals surface area contributed by atoms with E-state index >= 15 is 0 Å². The number of aromatic nitrogens is 1. The maximum Gasteiger partial charge on any atom is 0.213 e. The van der Waals surface area contributed by atoms with E-state index in [1.807, 2.05) is 12.1 Å². The summed E-state index contributed by atoms with van der Waals surface area (Å²) in [6.07, 6.45) is 6.12. The first-order valence-corrected chi connectivity index (χ1v) is 11.8. The third-order valence-electron chi connectivity index (χ3n) is 5.27. The van der Waals surface area contributed by atoms with E-state index < -0.39 is 10.0 Å². The Labute approximate surface area is 172 Å². The first kappa shape index (κ1) is 21.1. The van der Waals surface area contributed by atoms with E-state index in [9.17, 15) is 8.42 Å². The SMILES string of the molecule is CN=C(NCCS(=O)(=O)NCC1CCC1)NC1CCN(c2ncccc2Cl)C1. The van der Waals surface area contributed by atoms with Crippen LogP contribution >= 0.6 is 11.6 Å². The van der Waals surface area contributed by atoms with Gasteiger partial charge in [-0.15, -0.1) is 0 Å². The van der Waals surface area contributed by atoms with Gasteiger partial charge in [0.1, 0.15) is 5.82 Å². The Morgan fingerprint density at radius 2 is 2.21 bits per heavy atom. The summed E-state index contributed by atoms with van der Waals surface area (Å²) >= 11 is 6.23. The minimum absolute atomic E-state index is 0.0285. The van der Waals surface area contributed by atoms with E-state index in [-0.39, 0.29) is 11.8 Å². The van der Waals surface area contributed by atoms with Gasteiger partial charge in [0.15, 0.2) is 5.96 Å². The van der Waals surface area contributed by atoms with Crippen LogP contribution in [0.5, 0.6) is 0 Å². The molecule has 156 valence electrons. The second kappa shape index (κ2) is 9.76. The molecule has 3 rings (SSSR count).